The van der Waals surface area contributed by atoms with Crippen LogP contribution in [0.3, 0.4) is 0 Å². The maximum absolute atomic E-state index is 5.81. The Hall–Kier alpha value is 1.16. The van der Waals surface area contributed by atoms with Gasteiger partial charge in [-0.15, -0.1) is 0 Å². The molecule has 0 radical (unpaired) electrons. The molecule has 1 nitrogen and oxygen atoms in total. The Morgan fingerprint density at radius 2 is 1.82 bits per heavy atom. The van der Waals surface area contributed by atoms with Crippen molar-refractivity contribution in [3.63, 3.8) is 0 Å². The van der Waals surface area contributed by atoms with E-state index >= 15 is 0 Å². The molecule has 98 valence electrons. The Morgan fingerprint density at radius 1 is 1.35 bits per heavy atom. The van der Waals surface area contributed by atoms with E-state index in [1.807, 2.05) is 13.8 Å². The van der Waals surface area contributed by atoms with E-state index in [9.17, 15) is 0 Å². The molecule has 1 rings (SSSR count). The molecule has 0 bridgehead atoms. The van der Waals surface area contributed by atoms with Gasteiger partial charge in [-0.1, -0.05) is 13.8 Å². The van der Waals surface area contributed by atoms with Crippen molar-refractivity contribution in [2.75, 3.05) is 11.5 Å². The van der Waals surface area contributed by atoms with Crippen molar-refractivity contribution in [3.05, 3.63) is 21.9 Å². The van der Waals surface area contributed by atoms with E-state index < -0.39 is 0 Å². The van der Waals surface area contributed by atoms with Crippen LogP contribution >= 0.6 is 11.3 Å². The van der Waals surface area contributed by atoms with Gasteiger partial charge < -0.3 is 25.3 Å². The van der Waals surface area contributed by atoms with E-state index in [2.05, 4.69) is 43.6 Å². The molecule has 2 N–H and O–H groups in total. The van der Waals surface area contributed by atoms with E-state index in [0.29, 0.717) is 0 Å². The molecule has 0 fully saturated rings. The number of hydrogen-bond acceptors (Lipinski definition) is 4. The fourth-order valence-electron chi connectivity index (χ4n) is 1.11. The molecule has 0 aliphatic carbocycles. The summed E-state index contributed by atoms with van der Waals surface area (Å²) in [6.07, 6.45) is 1.22. The monoisotopic (exact) mass is 397 g/mol. The van der Waals surface area contributed by atoms with E-state index in [1.165, 1.54) is 43.8 Å². The van der Waals surface area contributed by atoms with Gasteiger partial charge in [0, 0.05) is 0 Å². The molecule has 0 aromatic carbocycles. The predicted octanol–water partition coefficient (Wildman–Crippen LogP) is 2.74. The topological polar surface area (TPSA) is 26.0 Å². The SMILES string of the molecule is CC(N)c1sccc1C[CH2][SnH+2].CC[S-].CC[S-]. The fraction of sp³-hybridized carbons (Fsp3) is 0.667. The Kier molecular flexibility index (Phi) is 18.3. The van der Waals surface area contributed by atoms with E-state index in [1.54, 1.807) is 11.3 Å². The molecule has 1 atom stereocenters. The van der Waals surface area contributed by atoms with Gasteiger partial charge in [0.25, 0.3) is 0 Å². The summed E-state index contributed by atoms with van der Waals surface area (Å²) < 4.78 is 1.33. The van der Waals surface area contributed by atoms with E-state index in [-0.39, 0.29) is 6.04 Å². The molecule has 1 aromatic heterocycles. The van der Waals surface area contributed by atoms with Crippen LogP contribution in [0.15, 0.2) is 11.4 Å². The number of hydrogen-bond donors (Lipinski definition) is 1. The first-order valence-electron chi connectivity index (χ1n) is 5.76. The first-order valence-corrected chi connectivity index (χ1v) is 10.1. The average Bonchev–Trinajstić information content (AvgIpc) is 2.69. The first kappa shape index (κ1) is 20.5. The molecule has 0 aliphatic heterocycles. The van der Waals surface area contributed by atoms with Crippen LogP contribution in [0.4, 0.5) is 0 Å². The summed E-state index contributed by atoms with van der Waals surface area (Å²) in [5.41, 5.74) is 7.28. The van der Waals surface area contributed by atoms with Gasteiger partial charge >= 0.3 is 85.3 Å². The Labute approximate surface area is 135 Å². The molecule has 1 heterocycles. The van der Waals surface area contributed by atoms with Crippen molar-refractivity contribution in [2.24, 2.45) is 5.73 Å². The van der Waals surface area contributed by atoms with Crippen LogP contribution in [-0.4, -0.2) is 34.0 Å². The van der Waals surface area contributed by atoms with Gasteiger partial charge in [-0.25, -0.2) is 0 Å². The molecule has 0 amide bonds. The zero-order valence-corrected chi connectivity index (χ0v) is 16.7. The Balaban J connectivity index is 0. The number of thiophene rings is 1. The second-order valence-corrected chi connectivity index (χ2v) is 6.97. The van der Waals surface area contributed by atoms with Crippen molar-refractivity contribution in [2.45, 2.75) is 37.7 Å². The standard InChI is InChI=1S/C8H12NS.2C2H6S.Sn.H/c1-3-7-4-5-10-8(7)6(2)9;2*1-2-3;;/h4-6H,1,3,9H2,2H3;2*3H,2H2,1H3;;/q;;;+2;/p-2. The van der Waals surface area contributed by atoms with Crippen LogP contribution in [0.25, 0.3) is 0 Å². The second kappa shape index (κ2) is 15.2. The molecule has 0 spiro atoms. The minimum Gasteiger partial charge on any atom is -0.793 e. The summed E-state index contributed by atoms with van der Waals surface area (Å²) in [6, 6.07) is 2.43. The van der Waals surface area contributed by atoms with Gasteiger partial charge in [-0.05, 0) is 0 Å². The van der Waals surface area contributed by atoms with E-state index in [4.69, 9.17) is 5.73 Å². The first-order chi connectivity index (χ1) is 8.08. The molecule has 0 saturated carbocycles. The van der Waals surface area contributed by atoms with Crippen molar-refractivity contribution < 1.29 is 0 Å². The third-order valence-corrected chi connectivity index (χ3v) is 3.59. The summed E-state index contributed by atoms with van der Waals surface area (Å²) in [4.78, 5) is 1.37. The number of aryl methyl sites for hydroxylation is 1. The van der Waals surface area contributed by atoms with Crippen molar-refractivity contribution in [1.29, 1.82) is 0 Å². The Morgan fingerprint density at radius 3 is 2.18 bits per heavy atom. The third-order valence-electron chi connectivity index (χ3n) is 1.61. The van der Waals surface area contributed by atoms with Gasteiger partial charge in [0.15, 0.2) is 0 Å². The summed E-state index contributed by atoms with van der Waals surface area (Å²) >= 11 is 11.9. The summed E-state index contributed by atoms with van der Waals surface area (Å²) in [7, 11) is 0. The number of rotatable bonds is 3. The molecule has 0 aliphatic rings. The smallest absolute Gasteiger partial charge is 0.0874 e. The predicted molar refractivity (Wildman–Crippen MR) is 88.4 cm³/mol. The molecular weight excluding hydrogens is 373 g/mol. The molecule has 17 heavy (non-hydrogen) atoms. The van der Waals surface area contributed by atoms with Gasteiger partial charge in [0.05, 0.1) is 0 Å². The summed E-state index contributed by atoms with van der Waals surface area (Å²) in [5.74, 6) is 1.67. The number of nitrogens with two attached hydrogens (primary N) is 1. The van der Waals surface area contributed by atoms with Gasteiger partial charge in [-0.3, -0.25) is 0 Å². The quantitative estimate of drug-likeness (QED) is 0.629. The van der Waals surface area contributed by atoms with Crippen molar-refractivity contribution >= 4 is 59.1 Å². The van der Waals surface area contributed by atoms with Crippen LogP contribution in [0.2, 0.25) is 4.44 Å². The largest absolute Gasteiger partial charge is 0.793 e. The van der Waals surface area contributed by atoms with Crippen molar-refractivity contribution in [3.8, 4) is 0 Å². The minimum absolute atomic E-state index is 0.220. The summed E-state index contributed by atoms with van der Waals surface area (Å²) in [6.45, 7) is 5.94. The normalized spacial score (nSPS) is 10.6. The maximum atomic E-state index is 5.81. The molecular formula is C12H23NS3Sn. The van der Waals surface area contributed by atoms with Gasteiger partial charge in [0.2, 0.25) is 0 Å². The van der Waals surface area contributed by atoms with Gasteiger partial charge in [0.1, 0.15) is 0 Å². The zero-order chi connectivity index (χ0) is 13.7. The van der Waals surface area contributed by atoms with Crippen LogP contribution in [0.1, 0.15) is 37.3 Å². The molecule has 5 heteroatoms. The van der Waals surface area contributed by atoms with Crippen molar-refractivity contribution in [1.82, 2.24) is 0 Å². The van der Waals surface area contributed by atoms with Crippen LogP contribution < -0.4 is 5.73 Å². The van der Waals surface area contributed by atoms with Crippen LogP contribution in [0.5, 0.6) is 0 Å². The van der Waals surface area contributed by atoms with Crippen LogP contribution in [0, 0.1) is 0 Å². The average molecular weight is 396 g/mol. The minimum atomic E-state index is 0.220. The fourth-order valence-corrected chi connectivity index (χ4v) is 2.91. The Bertz CT molecular complexity index is 250. The summed E-state index contributed by atoms with van der Waals surface area (Å²) in [5, 5.41) is 2.14. The van der Waals surface area contributed by atoms with Crippen LogP contribution in [-0.2, 0) is 31.7 Å². The zero-order valence-electron chi connectivity index (χ0n) is 10.9. The van der Waals surface area contributed by atoms with Gasteiger partial charge in [-0.2, -0.15) is 11.5 Å². The second-order valence-electron chi connectivity index (χ2n) is 3.21. The molecule has 0 saturated heterocycles. The van der Waals surface area contributed by atoms with E-state index in [0.717, 1.165) is 11.5 Å². The maximum Gasteiger partial charge on any atom is -0.0874 e. The molecule has 1 aromatic rings. The third kappa shape index (κ3) is 12.0. The molecule has 1 unspecified atom stereocenters.